The summed E-state index contributed by atoms with van der Waals surface area (Å²) in [6.45, 7) is 2.64. The van der Waals surface area contributed by atoms with Crippen molar-refractivity contribution >= 4 is 17.3 Å². The maximum Gasteiger partial charge on any atom is 0.202 e. The van der Waals surface area contributed by atoms with Crippen molar-refractivity contribution in [3.05, 3.63) is 51.6 Å². The van der Waals surface area contributed by atoms with Crippen LogP contribution >= 0.6 is 0 Å². The fraction of sp³-hybridized carbons (Fsp3) is 0.444. The minimum absolute atomic E-state index is 0.0349. The number of aliphatic hydroxyl groups is 2. The summed E-state index contributed by atoms with van der Waals surface area (Å²) in [6.07, 6.45) is -6.83. The van der Waals surface area contributed by atoms with E-state index in [4.69, 9.17) is 30.7 Å². The molecule has 0 bridgehead atoms. The number of rotatable bonds is 5. The number of fused-ring (bicyclic) bond motifs is 3. The van der Waals surface area contributed by atoms with Crippen LogP contribution < -0.4 is 16.4 Å². The molecule has 214 valence electrons. The number of hydrogen-bond donors (Lipinski definition) is 6. The number of carbonyl (C=O) groups excluding carboxylic acids is 3. The number of hydrogen-bond acceptors (Lipinski definition) is 13. The Labute approximate surface area is 228 Å². The highest BCUT2D eigenvalue weighted by atomic mass is 16.7. The lowest BCUT2D eigenvalue weighted by Crippen LogP contribution is -2.59. The third-order valence-corrected chi connectivity index (χ3v) is 8.04. The van der Waals surface area contributed by atoms with E-state index in [0.717, 1.165) is 6.92 Å². The molecule has 0 spiro atoms. The van der Waals surface area contributed by atoms with Crippen LogP contribution in [-0.4, -0.2) is 81.1 Å². The number of aliphatic hydroxyl groups excluding tert-OH is 1. The van der Waals surface area contributed by atoms with Gasteiger partial charge in [0.05, 0.1) is 36.0 Å². The first-order valence-corrected chi connectivity index (χ1v) is 12.6. The van der Waals surface area contributed by atoms with Crippen LogP contribution in [0.3, 0.4) is 0 Å². The van der Waals surface area contributed by atoms with Gasteiger partial charge in [-0.15, -0.1) is 0 Å². The standard InChI is InChI=1S/C27H30N2O11/c1-9-20(31)13(28)7-15(38-9)39-25-17-12(8-27(36,10(2)30)26(25)40-29)22(33)18-19(24(17)35)23(34)16-11(21(18)32)5-4-6-14(16)37-3/h4-6,9,13,15,20,25-26,31,33,35-36H,7-8,28-29H2,1-3H3/t9-,13+,15+,20-,25?,26?,27?/m1/s1. The van der Waals surface area contributed by atoms with Crippen molar-refractivity contribution in [3.63, 3.8) is 0 Å². The first kappa shape index (κ1) is 28.1. The average molecular weight is 559 g/mol. The van der Waals surface area contributed by atoms with Crippen LogP contribution in [0.15, 0.2) is 18.2 Å². The zero-order chi connectivity index (χ0) is 29.3. The Morgan fingerprint density at radius 2 is 1.80 bits per heavy atom. The summed E-state index contributed by atoms with van der Waals surface area (Å²) in [5.41, 5.74) is 2.03. The molecule has 0 aromatic heterocycles. The van der Waals surface area contributed by atoms with Crippen LogP contribution in [0, 0.1) is 0 Å². The molecule has 5 rings (SSSR count). The highest BCUT2D eigenvalue weighted by Gasteiger charge is 2.56. The highest BCUT2D eigenvalue weighted by Crippen LogP contribution is 2.53. The maximum atomic E-state index is 13.7. The number of phenolic OH excluding ortho intramolecular Hbond substituents is 2. The molecular formula is C27H30N2O11. The molecule has 7 atom stereocenters. The van der Waals surface area contributed by atoms with Crippen molar-refractivity contribution in [1.82, 2.24) is 0 Å². The Bertz CT molecular complexity index is 1410. The van der Waals surface area contributed by atoms with Crippen molar-refractivity contribution in [2.24, 2.45) is 11.6 Å². The van der Waals surface area contributed by atoms with E-state index < -0.39 is 88.7 Å². The van der Waals surface area contributed by atoms with Crippen molar-refractivity contribution < 1.29 is 53.9 Å². The van der Waals surface area contributed by atoms with E-state index in [-0.39, 0.29) is 34.4 Å². The predicted octanol–water partition coefficient (Wildman–Crippen LogP) is -0.102. The molecule has 2 aliphatic carbocycles. The van der Waals surface area contributed by atoms with Gasteiger partial charge in [-0.2, -0.15) is 0 Å². The molecule has 13 heteroatoms. The number of aromatic hydroxyl groups is 2. The normalized spacial score (nSPS) is 31.3. The summed E-state index contributed by atoms with van der Waals surface area (Å²) < 4.78 is 17.1. The Kier molecular flexibility index (Phi) is 6.95. The molecule has 13 nitrogen and oxygen atoms in total. The minimum atomic E-state index is -2.38. The molecular weight excluding hydrogens is 528 g/mol. The van der Waals surface area contributed by atoms with Gasteiger partial charge in [-0.05, 0) is 19.9 Å². The second-order valence-electron chi connectivity index (χ2n) is 10.3. The van der Waals surface area contributed by atoms with E-state index >= 15 is 0 Å². The van der Waals surface area contributed by atoms with Crippen molar-refractivity contribution in [3.8, 4) is 17.2 Å². The van der Waals surface area contributed by atoms with E-state index in [9.17, 15) is 34.8 Å². The molecule has 2 aromatic rings. The number of Topliss-reactive ketones (excluding diaryl/α,β-unsaturated/α-hetero) is 1. The molecule has 0 saturated carbocycles. The van der Waals surface area contributed by atoms with E-state index in [2.05, 4.69) is 0 Å². The van der Waals surface area contributed by atoms with E-state index in [0.29, 0.717) is 0 Å². The van der Waals surface area contributed by atoms with Crippen molar-refractivity contribution in [2.45, 2.75) is 69.0 Å². The summed E-state index contributed by atoms with van der Waals surface area (Å²) in [7, 11) is 1.32. The first-order chi connectivity index (χ1) is 18.9. The molecule has 1 fully saturated rings. The zero-order valence-corrected chi connectivity index (χ0v) is 21.9. The van der Waals surface area contributed by atoms with E-state index in [1.807, 2.05) is 0 Å². The monoisotopic (exact) mass is 558 g/mol. The summed E-state index contributed by atoms with van der Waals surface area (Å²) in [5, 5.41) is 44.6. The Morgan fingerprint density at radius 3 is 2.40 bits per heavy atom. The number of ether oxygens (including phenoxy) is 3. The smallest absolute Gasteiger partial charge is 0.202 e. The fourth-order valence-corrected chi connectivity index (χ4v) is 5.86. The SMILES string of the molecule is COc1cccc2c1C(=O)c1c(O)c3c(c(O)c1C2=O)CC(O)(C(C)=O)C(ON)C3O[C@H]1C[C@H](N)[C@H](O)[C@@H](C)O1. The van der Waals surface area contributed by atoms with Gasteiger partial charge in [-0.3, -0.25) is 19.2 Å². The first-order valence-electron chi connectivity index (χ1n) is 12.6. The second kappa shape index (κ2) is 9.89. The number of nitrogens with two attached hydrogens (primary N) is 2. The number of ketones is 3. The lowest BCUT2D eigenvalue weighted by atomic mass is 9.70. The van der Waals surface area contributed by atoms with Crippen LogP contribution in [-0.2, 0) is 25.5 Å². The quantitative estimate of drug-likeness (QED) is 0.178. The molecule has 1 heterocycles. The summed E-state index contributed by atoms with van der Waals surface area (Å²) >= 11 is 0. The van der Waals surface area contributed by atoms with Gasteiger partial charge in [0.1, 0.15) is 29.5 Å². The summed E-state index contributed by atoms with van der Waals surface area (Å²) in [4.78, 5) is 45.0. The second-order valence-corrected chi connectivity index (χ2v) is 10.3. The largest absolute Gasteiger partial charge is 0.507 e. The van der Waals surface area contributed by atoms with Gasteiger partial charge >= 0.3 is 0 Å². The van der Waals surface area contributed by atoms with Gasteiger partial charge in [-0.25, -0.2) is 5.90 Å². The predicted molar refractivity (Wildman–Crippen MR) is 135 cm³/mol. The lowest BCUT2D eigenvalue weighted by Gasteiger charge is -2.45. The van der Waals surface area contributed by atoms with Gasteiger partial charge in [0.15, 0.2) is 23.5 Å². The molecule has 0 amide bonds. The molecule has 3 unspecified atom stereocenters. The van der Waals surface area contributed by atoms with Gasteiger partial charge < -0.3 is 40.4 Å². The number of methoxy groups -OCH3 is 1. The van der Waals surface area contributed by atoms with Gasteiger partial charge in [-0.1, -0.05) is 12.1 Å². The van der Waals surface area contributed by atoms with Crippen LogP contribution in [0.5, 0.6) is 17.2 Å². The molecule has 1 saturated heterocycles. The topological polar surface area (TPSA) is 221 Å². The zero-order valence-electron chi connectivity index (χ0n) is 21.9. The molecule has 40 heavy (non-hydrogen) atoms. The number of benzene rings is 2. The van der Waals surface area contributed by atoms with Crippen LogP contribution in [0.2, 0.25) is 0 Å². The number of carbonyl (C=O) groups is 3. The highest BCUT2D eigenvalue weighted by molar-refractivity contribution is 6.31. The van der Waals surface area contributed by atoms with Gasteiger partial charge in [0.25, 0.3) is 0 Å². The Hall–Kier alpha value is -3.43. The number of phenols is 2. The third-order valence-electron chi connectivity index (χ3n) is 8.04. The maximum absolute atomic E-state index is 13.7. The van der Waals surface area contributed by atoms with Gasteiger partial charge in [0.2, 0.25) is 5.78 Å². The van der Waals surface area contributed by atoms with Crippen LogP contribution in [0.1, 0.15) is 69.3 Å². The van der Waals surface area contributed by atoms with Crippen molar-refractivity contribution in [1.29, 1.82) is 0 Å². The molecule has 8 N–H and O–H groups in total. The van der Waals surface area contributed by atoms with Crippen LogP contribution in [0.25, 0.3) is 0 Å². The average Bonchev–Trinajstić information content (AvgIpc) is 2.91. The van der Waals surface area contributed by atoms with Crippen LogP contribution in [0.4, 0.5) is 0 Å². The minimum Gasteiger partial charge on any atom is -0.507 e. The summed E-state index contributed by atoms with van der Waals surface area (Å²) in [6, 6.07) is 3.58. The Morgan fingerprint density at radius 1 is 1.12 bits per heavy atom. The fourth-order valence-electron chi connectivity index (χ4n) is 5.86. The van der Waals surface area contributed by atoms with E-state index in [1.54, 1.807) is 6.92 Å². The Balaban J connectivity index is 1.74. The molecule has 1 aliphatic heterocycles. The van der Waals surface area contributed by atoms with Gasteiger partial charge in [0, 0.05) is 35.6 Å². The molecule has 0 radical (unpaired) electrons. The summed E-state index contributed by atoms with van der Waals surface area (Å²) in [5.74, 6) is 1.79. The lowest BCUT2D eigenvalue weighted by molar-refractivity contribution is -0.271. The third kappa shape index (κ3) is 3.93. The van der Waals surface area contributed by atoms with E-state index in [1.165, 1.54) is 25.3 Å². The molecule has 3 aliphatic rings. The van der Waals surface area contributed by atoms with Crippen molar-refractivity contribution in [2.75, 3.05) is 7.11 Å². The molecule has 2 aromatic carbocycles.